The Hall–Kier alpha value is -9.40. The number of carboxylic acid groups (broad SMARTS) is 2. The molecule has 2 aliphatic rings. The molecule has 0 aromatic heterocycles. The average molecular weight is 1330 g/mol. The van der Waals surface area contributed by atoms with E-state index in [1.54, 1.807) is 30.3 Å². The molecule has 13 amide bonds. The van der Waals surface area contributed by atoms with Crippen molar-refractivity contribution < 1.29 is 87.2 Å². The summed E-state index contributed by atoms with van der Waals surface area (Å²) in [6.07, 6.45) is 0.987. The van der Waals surface area contributed by atoms with Crippen molar-refractivity contribution in [3.8, 4) is 5.75 Å². The van der Waals surface area contributed by atoms with Gasteiger partial charge in [-0.25, -0.2) is 0 Å². The Morgan fingerprint density at radius 1 is 0.634 bits per heavy atom. The minimum atomic E-state index is -1.78. The zero-order valence-electron chi connectivity index (χ0n) is 52.6. The maximum atomic E-state index is 14.6. The van der Waals surface area contributed by atoms with Gasteiger partial charge in [0, 0.05) is 32.7 Å². The van der Waals surface area contributed by atoms with Crippen LogP contribution in [0.2, 0.25) is 0 Å². The summed E-state index contributed by atoms with van der Waals surface area (Å²) in [4.78, 5) is 197. The molecule has 93 heavy (non-hydrogen) atoms. The molecule has 10 unspecified atom stereocenters. The summed E-state index contributed by atoms with van der Waals surface area (Å²) in [5, 5.41) is 52.3. The van der Waals surface area contributed by atoms with Crippen molar-refractivity contribution in [1.82, 2.24) is 58.1 Å². The van der Waals surface area contributed by atoms with Gasteiger partial charge in [-0.2, -0.15) is 11.8 Å². The molecule has 0 saturated carbocycles. The number of carboxylic acids is 2. The number of phenolic OH excluding ortho intramolecular Hbond substituents is 1. The van der Waals surface area contributed by atoms with Gasteiger partial charge in [-0.3, -0.25) is 71.9 Å². The van der Waals surface area contributed by atoms with Gasteiger partial charge in [0.05, 0.1) is 19.4 Å². The van der Waals surface area contributed by atoms with Crippen LogP contribution in [-0.2, 0) is 84.8 Å². The number of likely N-dealkylation sites (tertiary alicyclic amines) is 1. The van der Waals surface area contributed by atoms with E-state index < -0.39 is 163 Å². The van der Waals surface area contributed by atoms with E-state index in [4.69, 9.17) is 27.1 Å². The predicted molar refractivity (Wildman–Crippen MR) is 336 cm³/mol. The number of nitrogens with one attached hydrogen (secondary N) is 10. The minimum absolute atomic E-state index is 0.0174. The number of hydrogen-bond donors (Lipinski definition) is 16. The van der Waals surface area contributed by atoms with Gasteiger partial charge in [-0.05, 0) is 106 Å². The van der Waals surface area contributed by atoms with Crippen LogP contribution in [0.4, 0.5) is 0 Å². The fraction of sp³-hybridized carbons (Fsp3) is 0.550. The highest BCUT2D eigenvalue weighted by molar-refractivity contribution is 7.98. The van der Waals surface area contributed by atoms with Crippen LogP contribution in [0.25, 0.3) is 0 Å². The van der Waals surface area contributed by atoms with Crippen LogP contribution in [0.1, 0.15) is 109 Å². The average Bonchev–Trinajstić information content (AvgIpc) is 1.89. The number of carbonyl (C=O) groups is 15. The van der Waals surface area contributed by atoms with Gasteiger partial charge in [0.2, 0.25) is 76.8 Å². The first-order valence-corrected chi connectivity index (χ1v) is 31.6. The Kier molecular flexibility index (Phi) is 33.3. The van der Waals surface area contributed by atoms with Gasteiger partial charge in [0.1, 0.15) is 66.2 Å². The third kappa shape index (κ3) is 28.3. The van der Waals surface area contributed by atoms with E-state index in [9.17, 15) is 77.3 Å². The van der Waals surface area contributed by atoms with Crippen molar-refractivity contribution in [3.05, 3.63) is 65.7 Å². The number of phenols is 1. The van der Waals surface area contributed by atoms with E-state index >= 15 is 0 Å². The Morgan fingerprint density at radius 3 is 1.75 bits per heavy atom. The van der Waals surface area contributed by atoms with Crippen molar-refractivity contribution in [3.63, 3.8) is 0 Å². The molecule has 0 bridgehead atoms. The number of nitrogens with zero attached hydrogens (tertiary/aromatic N) is 1. The standard InChI is InChI=1S/C58H84N14O16S.C2H4O2/c1-31(2)25-39(54(84)66-36(49(61)79)21-24-89-4)65-47(76)30-62-51(81)40(27-34-15-17-35(73)18-16-34)68-55(85)41(26-33-11-6-5-7-12-33)69-53(83)37(13-8-9-22-59)67-56(86)42(28-45(60)74)70-57(87)44-14-10-23-72(44)58(88)43(29-48(77)78)71-50(80)32(3)63-52(82)38-19-20-46(75)64-38;1-2(3)4/h5-7,11-12,15-18,31-32,36-44,73H,8-10,13-14,19-30,59H2,1-4H3,(H2,60,74)(H2,61,79)(H,62,81)(H,63,82)(H,64,75)(H,65,76)(H,66,84)(H,67,86)(H,68,85)(H,69,83)(H,70,87)(H,71,80)(H,77,78);1H3,(H,3,4). The molecular formula is C60H88N14O18S. The van der Waals surface area contributed by atoms with Gasteiger partial charge in [-0.1, -0.05) is 56.3 Å². The zero-order valence-corrected chi connectivity index (χ0v) is 53.4. The molecule has 19 N–H and O–H groups in total. The molecule has 2 aliphatic heterocycles. The summed E-state index contributed by atoms with van der Waals surface area (Å²) in [6, 6.07) is 0.401. The van der Waals surface area contributed by atoms with Crippen LogP contribution in [0.5, 0.6) is 5.75 Å². The van der Waals surface area contributed by atoms with Gasteiger partial charge >= 0.3 is 5.97 Å². The molecule has 32 nitrogen and oxygen atoms in total. The number of benzene rings is 2. The monoisotopic (exact) mass is 1320 g/mol. The molecule has 2 fully saturated rings. The number of aliphatic carboxylic acids is 2. The van der Waals surface area contributed by atoms with E-state index in [0.29, 0.717) is 23.3 Å². The molecule has 0 spiro atoms. The van der Waals surface area contributed by atoms with E-state index in [0.717, 1.165) is 11.8 Å². The van der Waals surface area contributed by atoms with Crippen molar-refractivity contribution in [2.45, 2.75) is 172 Å². The van der Waals surface area contributed by atoms with Crippen LogP contribution in [0, 0.1) is 5.92 Å². The van der Waals surface area contributed by atoms with Crippen LogP contribution in [0.15, 0.2) is 54.6 Å². The SMILES string of the molecule is CC(=O)O.CSCCC(NC(=O)C(CC(C)C)NC(=O)CNC(=O)C(Cc1ccc(O)cc1)NC(=O)C(Cc1ccccc1)NC(=O)C(CCCCN)NC(=O)C(CC(N)=O)NC(=O)C1CCCN1C(=O)C(CC(=O)O)NC(=O)C(C)NC(=O)C1CCC(=O)N1)C(N)=O. The summed E-state index contributed by atoms with van der Waals surface area (Å²) < 4.78 is 0. The normalized spacial score (nSPS) is 16.6. The Labute approximate surface area is 541 Å². The van der Waals surface area contributed by atoms with E-state index in [2.05, 4.69) is 53.2 Å². The van der Waals surface area contributed by atoms with E-state index in [1.807, 2.05) is 20.1 Å². The lowest BCUT2D eigenvalue weighted by molar-refractivity contribution is -0.146. The van der Waals surface area contributed by atoms with Crippen molar-refractivity contribution in [1.29, 1.82) is 0 Å². The molecule has 10 atom stereocenters. The van der Waals surface area contributed by atoms with Crippen LogP contribution in [0.3, 0.4) is 0 Å². The number of rotatable bonds is 37. The summed E-state index contributed by atoms with van der Waals surface area (Å²) >= 11 is 1.44. The molecule has 2 aromatic carbocycles. The lowest BCUT2D eigenvalue weighted by atomic mass is 10.0. The second-order valence-electron chi connectivity index (χ2n) is 22.7. The fourth-order valence-corrected chi connectivity index (χ4v) is 10.3. The number of hydrogen-bond acceptors (Lipinski definition) is 18. The molecule has 0 radical (unpaired) electrons. The van der Waals surface area contributed by atoms with Crippen LogP contribution >= 0.6 is 11.8 Å². The quantitative estimate of drug-likeness (QED) is 0.0290. The lowest BCUT2D eigenvalue weighted by Crippen LogP contribution is -2.60. The molecule has 2 heterocycles. The summed E-state index contributed by atoms with van der Waals surface area (Å²) in [5.41, 5.74) is 17.9. The van der Waals surface area contributed by atoms with E-state index in [1.165, 1.54) is 43.0 Å². The van der Waals surface area contributed by atoms with Crippen molar-refractivity contribution >= 4 is 100 Å². The molecule has 2 aromatic rings. The highest BCUT2D eigenvalue weighted by atomic mass is 32.2. The number of amides is 13. The van der Waals surface area contributed by atoms with Crippen molar-refractivity contribution in [2.24, 2.45) is 23.1 Å². The summed E-state index contributed by atoms with van der Waals surface area (Å²) in [7, 11) is 0. The molecule has 4 rings (SSSR count). The minimum Gasteiger partial charge on any atom is -0.508 e. The highest BCUT2D eigenvalue weighted by Gasteiger charge is 2.41. The molecule has 0 aliphatic carbocycles. The number of unbranched alkanes of at least 4 members (excludes halogenated alkanes) is 1. The number of thioether (sulfide) groups is 1. The van der Waals surface area contributed by atoms with Crippen molar-refractivity contribution in [2.75, 3.05) is 31.6 Å². The fourth-order valence-electron chi connectivity index (χ4n) is 9.79. The zero-order chi connectivity index (χ0) is 69.5. The number of aromatic hydroxyl groups is 1. The number of primary amides is 2. The van der Waals surface area contributed by atoms with Gasteiger partial charge < -0.3 is 90.6 Å². The Morgan fingerprint density at radius 2 is 1.19 bits per heavy atom. The van der Waals surface area contributed by atoms with Gasteiger partial charge in [-0.15, -0.1) is 0 Å². The third-order valence-corrected chi connectivity index (χ3v) is 15.1. The van der Waals surface area contributed by atoms with Gasteiger partial charge in [0.15, 0.2) is 0 Å². The Bertz CT molecular complexity index is 2960. The second kappa shape index (κ2) is 39.8. The molecular weight excluding hydrogens is 1240 g/mol. The maximum absolute atomic E-state index is 14.6. The first-order valence-electron chi connectivity index (χ1n) is 30.2. The predicted octanol–water partition coefficient (Wildman–Crippen LogP) is -3.68. The summed E-state index contributed by atoms with van der Waals surface area (Å²) in [6.45, 7) is 5.36. The summed E-state index contributed by atoms with van der Waals surface area (Å²) in [5.74, 6) is -13.1. The first kappa shape index (κ1) is 77.8. The number of carbonyl (C=O) groups excluding carboxylic acids is 13. The molecule has 512 valence electrons. The largest absolute Gasteiger partial charge is 0.508 e. The number of nitrogens with two attached hydrogens (primary N) is 3. The topological polar surface area (TPSA) is 518 Å². The molecule has 33 heteroatoms. The maximum Gasteiger partial charge on any atom is 0.305 e. The highest BCUT2D eigenvalue weighted by Crippen LogP contribution is 2.21. The second-order valence-corrected chi connectivity index (χ2v) is 23.7. The smallest absolute Gasteiger partial charge is 0.305 e. The Balaban J connectivity index is 0.00000547. The van der Waals surface area contributed by atoms with Crippen LogP contribution in [-0.4, -0.2) is 201 Å². The molecule has 2 saturated heterocycles. The van der Waals surface area contributed by atoms with Gasteiger partial charge in [0.25, 0.3) is 5.97 Å². The lowest BCUT2D eigenvalue weighted by Gasteiger charge is -2.30. The third-order valence-electron chi connectivity index (χ3n) is 14.5. The van der Waals surface area contributed by atoms with E-state index in [-0.39, 0.29) is 94.9 Å². The van der Waals surface area contributed by atoms with Crippen LogP contribution < -0.4 is 70.4 Å². The first-order chi connectivity index (χ1) is 43.9.